The van der Waals surface area contributed by atoms with Crippen LogP contribution in [0.4, 0.5) is 5.95 Å². The van der Waals surface area contributed by atoms with Crippen molar-refractivity contribution in [2.24, 2.45) is 5.92 Å². The molecule has 1 atom stereocenters. The number of hydrogen-bond acceptors (Lipinski definition) is 2. The molecule has 2 aromatic rings. The van der Waals surface area contributed by atoms with Gasteiger partial charge in [0.2, 0.25) is 5.95 Å². The second-order valence-electron chi connectivity index (χ2n) is 4.79. The van der Waals surface area contributed by atoms with E-state index >= 15 is 0 Å². The lowest BCUT2D eigenvalue weighted by molar-refractivity contribution is 0.342. The summed E-state index contributed by atoms with van der Waals surface area (Å²) in [4.78, 5) is 4.45. The van der Waals surface area contributed by atoms with Crippen molar-refractivity contribution < 1.29 is 0 Å². The molecule has 98 valence electrons. The molecule has 0 radical (unpaired) electrons. The van der Waals surface area contributed by atoms with Crippen LogP contribution in [-0.2, 0) is 0 Å². The van der Waals surface area contributed by atoms with Crippen LogP contribution in [0, 0.1) is 5.92 Å². The molecule has 0 saturated heterocycles. The third-order valence-corrected chi connectivity index (χ3v) is 4.31. The minimum atomic E-state index is 0.374. The molecular weight excluding hydrogens is 290 g/mol. The molecule has 0 aliphatic carbocycles. The number of anilines is 1. The lowest BCUT2D eigenvalue weighted by atomic mass is 9.95. The van der Waals surface area contributed by atoms with Gasteiger partial charge in [0, 0.05) is 10.5 Å². The molecule has 2 N–H and O–H groups in total. The molecular formula is C14H20BrN3. The maximum absolute atomic E-state index is 6.09. The van der Waals surface area contributed by atoms with E-state index in [1.165, 1.54) is 0 Å². The summed E-state index contributed by atoms with van der Waals surface area (Å²) < 4.78 is 3.23. The molecule has 0 aliphatic heterocycles. The second-order valence-corrected chi connectivity index (χ2v) is 5.71. The Morgan fingerprint density at radius 3 is 2.61 bits per heavy atom. The van der Waals surface area contributed by atoms with Crippen molar-refractivity contribution in [2.75, 3.05) is 5.73 Å². The monoisotopic (exact) mass is 309 g/mol. The van der Waals surface area contributed by atoms with Crippen molar-refractivity contribution in [1.29, 1.82) is 0 Å². The third-order valence-electron chi connectivity index (χ3n) is 3.82. The van der Waals surface area contributed by atoms with E-state index in [0.29, 0.717) is 17.9 Å². The van der Waals surface area contributed by atoms with Gasteiger partial charge >= 0.3 is 0 Å². The standard InChI is InChI=1S/C14H20BrN3/c1-4-10(5-2)9(3)18-13-8-11(15)6-7-12(13)17-14(18)16/h6-10H,4-5H2,1-3H3,(H2,16,17). The number of halogens is 1. The first kappa shape index (κ1) is 13.4. The first-order chi connectivity index (χ1) is 8.58. The van der Waals surface area contributed by atoms with Gasteiger partial charge in [0.05, 0.1) is 11.0 Å². The summed E-state index contributed by atoms with van der Waals surface area (Å²) in [5, 5.41) is 0. The van der Waals surface area contributed by atoms with E-state index in [2.05, 4.69) is 52.3 Å². The minimum Gasteiger partial charge on any atom is -0.369 e. The Morgan fingerprint density at radius 1 is 1.33 bits per heavy atom. The highest BCUT2D eigenvalue weighted by Crippen LogP contribution is 2.31. The van der Waals surface area contributed by atoms with Gasteiger partial charge in [0.15, 0.2) is 0 Å². The van der Waals surface area contributed by atoms with Gasteiger partial charge in [-0.3, -0.25) is 0 Å². The van der Waals surface area contributed by atoms with Crippen molar-refractivity contribution in [3.05, 3.63) is 22.7 Å². The van der Waals surface area contributed by atoms with Gasteiger partial charge in [-0.05, 0) is 31.0 Å². The zero-order chi connectivity index (χ0) is 13.3. The fraction of sp³-hybridized carbons (Fsp3) is 0.500. The lowest BCUT2D eigenvalue weighted by Gasteiger charge is -2.24. The first-order valence-electron chi connectivity index (χ1n) is 6.51. The number of fused-ring (bicyclic) bond motifs is 1. The van der Waals surface area contributed by atoms with Crippen LogP contribution >= 0.6 is 15.9 Å². The van der Waals surface area contributed by atoms with Crippen LogP contribution in [0.25, 0.3) is 11.0 Å². The molecule has 1 unspecified atom stereocenters. The zero-order valence-corrected chi connectivity index (χ0v) is 12.7. The smallest absolute Gasteiger partial charge is 0.201 e. The van der Waals surface area contributed by atoms with Crippen molar-refractivity contribution in [3.8, 4) is 0 Å². The molecule has 1 heterocycles. The van der Waals surface area contributed by atoms with Crippen molar-refractivity contribution in [3.63, 3.8) is 0 Å². The molecule has 0 saturated carbocycles. The number of nitrogen functional groups attached to an aromatic ring is 1. The quantitative estimate of drug-likeness (QED) is 0.911. The topological polar surface area (TPSA) is 43.8 Å². The number of imidazole rings is 1. The number of nitrogens with two attached hydrogens (primary N) is 1. The molecule has 0 aliphatic rings. The van der Waals surface area contributed by atoms with E-state index in [1.54, 1.807) is 0 Å². The Kier molecular flexibility index (Phi) is 3.95. The highest BCUT2D eigenvalue weighted by Gasteiger charge is 2.20. The predicted molar refractivity (Wildman–Crippen MR) is 80.6 cm³/mol. The number of hydrogen-bond donors (Lipinski definition) is 1. The van der Waals surface area contributed by atoms with E-state index in [4.69, 9.17) is 5.73 Å². The molecule has 1 aromatic heterocycles. The SMILES string of the molecule is CCC(CC)C(C)n1c(N)nc2ccc(Br)cc21. The molecule has 4 heteroatoms. The van der Waals surface area contributed by atoms with E-state index in [-0.39, 0.29) is 0 Å². The molecule has 2 rings (SSSR count). The summed E-state index contributed by atoms with van der Waals surface area (Å²) in [6.07, 6.45) is 2.32. The average Bonchev–Trinajstić information content (AvgIpc) is 2.65. The van der Waals surface area contributed by atoms with Crippen LogP contribution in [-0.4, -0.2) is 9.55 Å². The Labute approximate surface area is 117 Å². The van der Waals surface area contributed by atoms with Crippen molar-refractivity contribution in [2.45, 2.75) is 39.7 Å². The van der Waals surface area contributed by atoms with E-state index in [1.807, 2.05) is 12.1 Å². The summed E-state index contributed by atoms with van der Waals surface area (Å²) in [5.41, 5.74) is 8.17. The van der Waals surface area contributed by atoms with Gasteiger partial charge in [-0.2, -0.15) is 0 Å². The highest BCUT2D eigenvalue weighted by atomic mass is 79.9. The molecule has 1 aromatic carbocycles. The fourth-order valence-electron chi connectivity index (χ4n) is 2.69. The maximum atomic E-state index is 6.09. The maximum Gasteiger partial charge on any atom is 0.201 e. The average molecular weight is 310 g/mol. The first-order valence-corrected chi connectivity index (χ1v) is 7.30. The van der Waals surface area contributed by atoms with Crippen LogP contribution in [0.5, 0.6) is 0 Å². The Hall–Kier alpha value is -1.03. The summed E-state index contributed by atoms with van der Waals surface area (Å²) >= 11 is 3.51. The number of aromatic nitrogens is 2. The van der Waals surface area contributed by atoms with E-state index in [0.717, 1.165) is 28.3 Å². The fourth-order valence-corrected chi connectivity index (χ4v) is 3.04. The van der Waals surface area contributed by atoms with Gasteiger partial charge in [-0.15, -0.1) is 0 Å². The van der Waals surface area contributed by atoms with Crippen molar-refractivity contribution >= 4 is 32.9 Å². The molecule has 0 spiro atoms. The number of benzene rings is 1. The molecule has 0 amide bonds. The summed E-state index contributed by atoms with van der Waals surface area (Å²) in [5.74, 6) is 1.24. The Bertz CT molecular complexity index is 543. The normalized spacial score (nSPS) is 13.4. The second kappa shape index (κ2) is 5.31. The van der Waals surface area contributed by atoms with Gasteiger partial charge in [0.1, 0.15) is 0 Å². The van der Waals surface area contributed by atoms with Gasteiger partial charge in [-0.1, -0.05) is 42.6 Å². The number of rotatable bonds is 4. The van der Waals surface area contributed by atoms with Gasteiger partial charge in [-0.25, -0.2) is 4.98 Å². The molecule has 0 fully saturated rings. The molecule has 18 heavy (non-hydrogen) atoms. The third kappa shape index (κ3) is 2.26. The van der Waals surface area contributed by atoms with Gasteiger partial charge in [0.25, 0.3) is 0 Å². The van der Waals surface area contributed by atoms with Crippen LogP contribution in [0.15, 0.2) is 22.7 Å². The largest absolute Gasteiger partial charge is 0.369 e. The van der Waals surface area contributed by atoms with Crippen LogP contribution in [0.1, 0.15) is 39.7 Å². The van der Waals surface area contributed by atoms with Crippen LogP contribution in [0.3, 0.4) is 0 Å². The summed E-state index contributed by atoms with van der Waals surface area (Å²) in [7, 11) is 0. The molecule has 3 nitrogen and oxygen atoms in total. The Balaban J connectivity index is 2.55. The van der Waals surface area contributed by atoms with Crippen LogP contribution < -0.4 is 5.73 Å². The lowest BCUT2D eigenvalue weighted by Crippen LogP contribution is -2.17. The van der Waals surface area contributed by atoms with E-state index in [9.17, 15) is 0 Å². The minimum absolute atomic E-state index is 0.374. The van der Waals surface area contributed by atoms with Gasteiger partial charge < -0.3 is 10.3 Å². The Morgan fingerprint density at radius 2 is 2.00 bits per heavy atom. The van der Waals surface area contributed by atoms with E-state index < -0.39 is 0 Å². The number of nitrogens with zero attached hydrogens (tertiary/aromatic N) is 2. The highest BCUT2D eigenvalue weighted by molar-refractivity contribution is 9.10. The summed E-state index contributed by atoms with van der Waals surface area (Å²) in [6, 6.07) is 6.48. The zero-order valence-electron chi connectivity index (χ0n) is 11.2. The van der Waals surface area contributed by atoms with Crippen LogP contribution in [0.2, 0.25) is 0 Å². The van der Waals surface area contributed by atoms with Crippen molar-refractivity contribution in [1.82, 2.24) is 9.55 Å². The predicted octanol–water partition coefficient (Wildman–Crippen LogP) is 4.38. The summed E-state index contributed by atoms with van der Waals surface area (Å²) in [6.45, 7) is 6.70. The molecule has 0 bridgehead atoms.